The highest BCUT2D eigenvalue weighted by Gasteiger charge is 2.31. The highest BCUT2D eigenvalue weighted by Crippen LogP contribution is 2.31. The minimum Gasteiger partial charge on any atom is -0.326 e. The van der Waals surface area contributed by atoms with Crippen molar-refractivity contribution < 1.29 is 8.42 Å². The molecule has 2 atom stereocenters. The number of thioether (sulfide) groups is 1. The first-order valence-corrected chi connectivity index (χ1v) is 9.91. The van der Waals surface area contributed by atoms with Crippen LogP contribution in [0.25, 0.3) is 0 Å². The summed E-state index contributed by atoms with van der Waals surface area (Å²) < 4.78 is 28.0. The summed E-state index contributed by atoms with van der Waals surface area (Å²) in [6, 6.07) is 1.78. The molecule has 0 amide bonds. The number of thiophene rings is 1. The Morgan fingerprint density at radius 2 is 2.26 bits per heavy atom. The highest BCUT2D eigenvalue weighted by atomic mass is 32.2. The van der Waals surface area contributed by atoms with Gasteiger partial charge in [-0.2, -0.15) is 11.8 Å². The first-order valence-electron chi connectivity index (χ1n) is 6.32. The van der Waals surface area contributed by atoms with E-state index in [1.807, 2.05) is 13.2 Å². The van der Waals surface area contributed by atoms with Gasteiger partial charge in [0.05, 0.1) is 0 Å². The van der Waals surface area contributed by atoms with Crippen molar-refractivity contribution in [3.05, 3.63) is 16.5 Å². The van der Waals surface area contributed by atoms with Crippen LogP contribution in [0.1, 0.15) is 29.7 Å². The van der Waals surface area contributed by atoms with Crippen molar-refractivity contribution in [1.29, 1.82) is 0 Å². The molecule has 1 aliphatic carbocycles. The molecule has 1 aromatic heterocycles. The summed E-state index contributed by atoms with van der Waals surface area (Å²) >= 11 is 3.02. The summed E-state index contributed by atoms with van der Waals surface area (Å²) in [7, 11) is -3.40. The number of rotatable bonds is 5. The number of hydrogen-bond acceptors (Lipinski definition) is 5. The summed E-state index contributed by atoms with van der Waals surface area (Å²) in [6.07, 6.45) is 5.15. The lowest BCUT2D eigenvalue weighted by molar-refractivity contribution is 0.557. The van der Waals surface area contributed by atoms with Crippen molar-refractivity contribution in [2.45, 2.75) is 48.2 Å². The number of sulfonamides is 1. The van der Waals surface area contributed by atoms with E-state index in [0.717, 1.165) is 29.7 Å². The molecular formula is C12H20N2O2S3. The fourth-order valence-corrected chi connectivity index (χ4v) is 6.24. The third kappa shape index (κ3) is 3.33. The van der Waals surface area contributed by atoms with Crippen molar-refractivity contribution in [1.82, 2.24) is 4.72 Å². The Balaban J connectivity index is 2.17. The summed E-state index contributed by atoms with van der Waals surface area (Å²) in [5.74, 6) is 0. The molecule has 1 saturated carbocycles. The molecule has 108 valence electrons. The number of hydrogen-bond donors (Lipinski definition) is 2. The molecule has 0 radical (unpaired) electrons. The largest absolute Gasteiger partial charge is 0.326 e. The van der Waals surface area contributed by atoms with Crippen molar-refractivity contribution in [3.8, 4) is 0 Å². The molecule has 1 fully saturated rings. The predicted octanol–water partition coefficient (Wildman–Crippen LogP) is 2.08. The predicted molar refractivity (Wildman–Crippen MR) is 82.2 cm³/mol. The van der Waals surface area contributed by atoms with Crippen molar-refractivity contribution >= 4 is 33.1 Å². The molecule has 0 bridgehead atoms. The maximum atomic E-state index is 12.4. The molecule has 1 aromatic rings. The highest BCUT2D eigenvalue weighted by molar-refractivity contribution is 7.99. The molecule has 4 nitrogen and oxygen atoms in total. The maximum Gasteiger partial charge on any atom is 0.250 e. The third-order valence-electron chi connectivity index (χ3n) is 3.51. The molecule has 2 unspecified atom stereocenters. The zero-order valence-corrected chi connectivity index (χ0v) is 13.6. The Hall–Kier alpha value is -0.0800. The fraction of sp³-hybridized carbons (Fsp3) is 0.667. The molecule has 7 heteroatoms. The van der Waals surface area contributed by atoms with Gasteiger partial charge in [-0.15, -0.1) is 11.3 Å². The van der Waals surface area contributed by atoms with Gasteiger partial charge in [-0.05, 0) is 37.7 Å². The van der Waals surface area contributed by atoms with Gasteiger partial charge in [0.1, 0.15) is 4.21 Å². The lowest BCUT2D eigenvalue weighted by atomic mass is 10.3. The Kier molecular flexibility index (Phi) is 4.94. The summed E-state index contributed by atoms with van der Waals surface area (Å²) in [5.41, 5.74) is 6.57. The lowest BCUT2D eigenvalue weighted by Gasteiger charge is -2.18. The molecule has 0 saturated heterocycles. The van der Waals surface area contributed by atoms with Crippen LogP contribution in [0.5, 0.6) is 0 Å². The Labute approximate surface area is 123 Å². The minimum absolute atomic E-state index is 0.0590. The Bertz CT molecular complexity index is 539. The second-order valence-corrected chi connectivity index (χ2v) is 8.96. The smallest absolute Gasteiger partial charge is 0.250 e. The second-order valence-electron chi connectivity index (χ2n) is 4.81. The van der Waals surface area contributed by atoms with Gasteiger partial charge in [-0.1, -0.05) is 6.42 Å². The molecule has 1 aliphatic rings. The van der Waals surface area contributed by atoms with E-state index in [0.29, 0.717) is 16.0 Å². The Morgan fingerprint density at radius 1 is 1.53 bits per heavy atom. The van der Waals surface area contributed by atoms with E-state index in [9.17, 15) is 8.42 Å². The molecule has 0 spiro atoms. The first-order chi connectivity index (χ1) is 8.97. The summed E-state index contributed by atoms with van der Waals surface area (Å²) in [5, 5.41) is 0.393. The van der Waals surface area contributed by atoms with Crippen molar-refractivity contribution in [2.24, 2.45) is 5.73 Å². The van der Waals surface area contributed by atoms with Crippen molar-refractivity contribution in [3.63, 3.8) is 0 Å². The minimum atomic E-state index is -3.40. The monoisotopic (exact) mass is 320 g/mol. The van der Waals surface area contributed by atoms with Gasteiger partial charge < -0.3 is 5.73 Å². The SMILES string of the molecule is CSC1CCCC1NS(=O)(=O)c1cc(C)c(CN)s1. The van der Waals surface area contributed by atoms with Gasteiger partial charge in [0.2, 0.25) is 10.0 Å². The standard InChI is InChI=1S/C12H20N2O2S3/c1-8-6-12(18-11(8)7-13)19(15,16)14-9-4-3-5-10(9)17-2/h6,9-10,14H,3-5,7,13H2,1-2H3. The summed E-state index contributed by atoms with van der Waals surface area (Å²) in [6.45, 7) is 2.29. The van der Waals surface area contributed by atoms with Crippen molar-refractivity contribution in [2.75, 3.05) is 6.26 Å². The van der Waals surface area contributed by atoms with E-state index >= 15 is 0 Å². The topological polar surface area (TPSA) is 72.2 Å². The number of aryl methyl sites for hydroxylation is 1. The molecule has 19 heavy (non-hydrogen) atoms. The van der Waals surface area contributed by atoms with Crippen LogP contribution in [0.3, 0.4) is 0 Å². The van der Waals surface area contributed by atoms with E-state index in [-0.39, 0.29) is 6.04 Å². The number of nitrogens with one attached hydrogen (secondary N) is 1. The van der Waals surface area contributed by atoms with Gasteiger partial charge in [0.15, 0.2) is 0 Å². The normalized spacial score (nSPS) is 23.9. The van der Waals surface area contributed by atoms with Gasteiger partial charge in [0, 0.05) is 22.7 Å². The van der Waals surface area contributed by atoms with Crippen LogP contribution in [0, 0.1) is 6.92 Å². The third-order valence-corrected chi connectivity index (χ3v) is 7.90. The molecule has 0 aliphatic heterocycles. The maximum absolute atomic E-state index is 12.4. The molecule has 1 heterocycles. The zero-order valence-electron chi connectivity index (χ0n) is 11.2. The van der Waals surface area contributed by atoms with E-state index < -0.39 is 10.0 Å². The van der Waals surface area contributed by atoms with E-state index in [2.05, 4.69) is 4.72 Å². The first kappa shape index (κ1) is 15.3. The van der Waals surface area contributed by atoms with Crippen LogP contribution in [0.15, 0.2) is 10.3 Å². The summed E-state index contributed by atoms with van der Waals surface area (Å²) in [4.78, 5) is 0.938. The molecule has 0 aromatic carbocycles. The molecule has 3 N–H and O–H groups in total. The van der Waals surface area contributed by atoms with Gasteiger partial charge >= 0.3 is 0 Å². The van der Waals surface area contributed by atoms with Crippen LogP contribution >= 0.6 is 23.1 Å². The number of nitrogens with two attached hydrogens (primary N) is 1. The van der Waals surface area contributed by atoms with E-state index in [1.54, 1.807) is 17.8 Å². The molecular weight excluding hydrogens is 300 g/mol. The zero-order chi connectivity index (χ0) is 14.0. The average molecular weight is 321 g/mol. The van der Waals surface area contributed by atoms with Crippen LogP contribution < -0.4 is 10.5 Å². The van der Waals surface area contributed by atoms with Crippen LogP contribution in [-0.4, -0.2) is 26.0 Å². The van der Waals surface area contributed by atoms with Crippen LogP contribution in [0.2, 0.25) is 0 Å². The Morgan fingerprint density at radius 3 is 2.84 bits per heavy atom. The average Bonchev–Trinajstić information content (AvgIpc) is 2.95. The lowest BCUT2D eigenvalue weighted by Crippen LogP contribution is -2.38. The van der Waals surface area contributed by atoms with E-state index in [4.69, 9.17) is 5.73 Å². The second kappa shape index (κ2) is 6.13. The molecule has 2 rings (SSSR count). The van der Waals surface area contributed by atoms with Crippen LogP contribution in [0.4, 0.5) is 0 Å². The van der Waals surface area contributed by atoms with Gasteiger partial charge in [-0.25, -0.2) is 13.1 Å². The van der Waals surface area contributed by atoms with E-state index in [1.165, 1.54) is 11.3 Å². The van der Waals surface area contributed by atoms with Gasteiger partial charge in [0.25, 0.3) is 0 Å². The fourth-order valence-electron chi connectivity index (χ4n) is 2.42. The van der Waals surface area contributed by atoms with Gasteiger partial charge in [-0.3, -0.25) is 0 Å². The quantitative estimate of drug-likeness (QED) is 0.871. The van der Waals surface area contributed by atoms with Crippen LogP contribution in [-0.2, 0) is 16.6 Å².